The van der Waals surface area contributed by atoms with Gasteiger partial charge in [0, 0.05) is 6.07 Å². The van der Waals surface area contributed by atoms with Gasteiger partial charge in [-0.3, -0.25) is 0 Å². The number of hydrogen-bond acceptors (Lipinski definition) is 4. The van der Waals surface area contributed by atoms with E-state index in [-0.39, 0.29) is 5.96 Å². The van der Waals surface area contributed by atoms with Crippen molar-refractivity contribution in [1.82, 2.24) is 0 Å². The highest BCUT2D eigenvalue weighted by atomic mass is 16.5. The van der Waals surface area contributed by atoms with Gasteiger partial charge in [0.25, 0.3) is 0 Å². The van der Waals surface area contributed by atoms with Gasteiger partial charge < -0.3 is 20.9 Å². The standard InChI is InChI=1S/C15H15N3O3/c1-20-12-3-2-4-13(9-12)21-14(19)10-5-7-11(8-6-10)18-15(16)17/h2-9H,1H3,(H4,16,17,18). The third-order valence-electron chi connectivity index (χ3n) is 2.61. The van der Waals surface area contributed by atoms with Crippen molar-refractivity contribution in [2.45, 2.75) is 0 Å². The number of nitrogens with zero attached hydrogens (tertiary/aromatic N) is 1. The molecule has 0 spiro atoms. The third-order valence-corrected chi connectivity index (χ3v) is 2.61. The van der Waals surface area contributed by atoms with E-state index >= 15 is 0 Å². The molecule has 0 atom stereocenters. The van der Waals surface area contributed by atoms with E-state index in [1.165, 1.54) is 0 Å². The number of aliphatic imine (C=N–C) groups is 1. The lowest BCUT2D eigenvalue weighted by Gasteiger charge is -2.06. The van der Waals surface area contributed by atoms with Crippen molar-refractivity contribution in [2.75, 3.05) is 7.11 Å². The van der Waals surface area contributed by atoms with Crippen LogP contribution >= 0.6 is 0 Å². The van der Waals surface area contributed by atoms with E-state index in [0.717, 1.165) is 0 Å². The Hall–Kier alpha value is -3.02. The topological polar surface area (TPSA) is 99.9 Å². The molecule has 0 radical (unpaired) electrons. The van der Waals surface area contributed by atoms with Gasteiger partial charge in [0.15, 0.2) is 5.96 Å². The average Bonchev–Trinajstić information content (AvgIpc) is 2.47. The Morgan fingerprint density at radius 2 is 1.71 bits per heavy atom. The lowest BCUT2D eigenvalue weighted by atomic mass is 10.2. The first-order chi connectivity index (χ1) is 10.1. The predicted molar refractivity (Wildman–Crippen MR) is 79.9 cm³/mol. The highest BCUT2D eigenvalue weighted by Gasteiger charge is 2.09. The Morgan fingerprint density at radius 3 is 2.33 bits per heavy atom. The van der Waals surface area contributed by atoms with Crippen LogP contribution in [0.1, 0.15) is 10.4 Å². The van der Waals surface area contributed by atoms with Gasteiger partial charge in [-0.1, -0.05) is 6.07 Å². The zero-order chi connectivity index (χ0) is 15.2. The maximum atomic E-state index is 12.0. The summed E-state index contributed by atoms with van der Waals surface area (Å²) in [6, 6.07) is 13.2. The molecule has 0 saturated carbocycles. The Balaban J connectivity index is 2.11. The molecule has 4 N–H and O–H groups in total. The number of carbonyl (C=O) groups is 1. The average molecular weight is 285 g/mol. The number of esters is 1. The van der Waals surface area contributed by atoms with E-state index in [4.69, 9.17) is 20.9 Å². The molecule has 0 bridgehead atoms. The number of benzene rings is 2. The van der Waals surface area contributed by atoms with Crippen LogP contribution in [-0.2, 0) is 0 Å². The minimum Gasteiger partial charge on any atom is -0.497 e. The first-order valence-electron chi connectivity index (χ1n) is 6.14. The molecule has 0 heterocycles. The van der Waals surface area contributed by atoms with E-state index in [0.29, 0.717) is 22.7 Å². The fourth-order valence-electron chi connectivity index (χ4n) is 1.65. The summed E-state index contributed by atoms with van der Waals surface area (Å²) in [5.74, 6) is 0.511. The Kier molecular flexibility index (Phi) is 4.40. The second-order valence-electron chi connectivity index (χ2n) is 4.15. The van der Waals surface area contributed by atoms with Crippen LogP contribution in [0.3, 0.4) is 0 Å². The van der Waals surface area contributed by atoms with Crippen LogP contribution in [0, 0.1) is 0 Å². The second kappa shape index (κ2) is 6.42. The summed E-state index contributed by atoms with van der Waals surface area (Å²) in [4.78, 5) is 15.9. The van der Waals surface area contributed by atoms with Crippen LogP contribution in [0.4, 0.5) is 5.69 Å². The summed E-state index contributed by atoms with van der Waals surface area (Å²) in [6.07, 6.45) is 0. The van der Waals surface area contributed by atoms with Gasteiger partial charge in [0.1, 0.15) is 11.5 Å². The van der Waals surface area contributed by atoms with Crippen LogP contribution in [-0.4, -0.2) is 19.0 Å². The van der Waals surface area contributed by atoms with Gasteiger partial charge in [-0.2, -0.15) is 0 Å². The monoisotopic (exact) mass is 285 g/mol. The molecule has 2 aromatic rings. The smallest absolute Gasteiger partial charge is 0.343 e. The molecule has 108 valence electrons. The van der Waals surface area contributed by atoms with Crippen LogP contribution in [0.15, 0.2) is 53.5 Å². The molecule has 6 nitrogen and oxygen atoms in total. The minimum absolute atomic E-state index is 0.0401. The quantitative estimate of drug-likeness (QED) is 0.386. The van der Waals surface area contributed by atoms with Crippen molar-refractivity contribution in [2.24, 2.45) is 16.5 Å². The molecule has 0 amide bonds. The molecule has 6 heteroatoms. The maximum absolute atomic E-state index is 12.0. The third kappa shape index (κ3) is 3.97. The van der Waals surface area contributed by atoms with E-state index in [1.54, 1.807) is 55.6 Å². The summed E-state index contributed by atoms with van der Waals surface area (Å²) in [6.45, 7) is 0. The molecule has 0 fully saturated rings. The Labute approximate surface area is 122 Å². The summed E-state index contributed by atoms with van der Waals surface area (Å²) >= 11 is 0. The number of rotatable bonds is 4. The Bertz CT molecular complexity index is 662. The van der Waals surface area contributed by atoms with Crippen molar-refractivity contribution < 1.29 is 14.3 Å². The number of guanidine groups is 1. The lowest BCUT2D eigenvalue weighted by molar-refractivity contribution is 0.0734. The first-order valence-corrected chi connectivity index (χ1v) is 6.14. The van der Waals surface area contributed by atoms with Crippen molar-refractivity contribution in [3.05, 3.63) is 54.1 Å². The van der Waals surface area contributed by atoms with Crippen molar-refractivity contribution >= 4 is 17.6 Å². The lowest BCUT2D eigenvalue weighted by Crippen LogP contribution is -2.21. The van der Waals surface area contributed by atoms with E-state index in [9.17, 15) is 4.79 Å². The summed E-state index contributed by atoms with van der Waals surface area (Å²) in [5, 5.41) is 0. The maximum Gasteiger partial charge on any atom is 0.343 e. The zero-order valence-corrected chi connectivity index (χ0v) is 11.4. The van der Waals surface area contributed by atoms with Crippen LogP contribution in [0.5, 0.6) is 11.5 Å². The van der Waals surface area contributed by atoms with E-state index in [1.807, 2.05) is 0 Å². The molecule has 2 aromatic carbocycles. The molecule has 0 unspecified atom stereocenters. The van der Waals surface area contributed by atoms with E-state index in [2.05, 4.69) is 4.99 Å². The number of hydrogen-bond donors (Lipinski definition) is 2. The summed E-state index contributed by atoms with van der Waals surface area (Å²) in [5.41, 5.74) is 11.5. The normalized spacial score (nSPS) is 9.76. The number of carbonyl (C=O) groups excluding carboxylic acids is 1. The van der Waals surface area contributed by atoms with Crippen molar-refractivity contribution in [3.63, 3.8) is 0 Å². The molecule has 0 aromatic heterocycles. The highest BCUT2D eigenvalue weighted by Crippen LogP contribution is 2.20. The minimum atomic E-state index is -0.473. The zero-order valence-electron chi connectivity index (χ0n) is 11.4. The van der Waals surface area contributed by atoms with Gasteiger partial charge in [-0.15, -0.1) is 0 Å². The van der Waals surface area contributed by atoms with Gasteiger partial charge in [-0.25, -0.2) is 9.79 Å². The number of nitrogens with two attached hydrogens (primary N) is 2. The van der Waals surface area contributed by atoms with Gasteiger partial charge >= 0.3 is 5.97 Å². The molecule has 0 aliphatic carbocycles. The number of methoxy groups -OCH3 is 1. The first kappa shape index (κ1) is 14.4. The van der Waals surface area contributed by atoms with E-state index < -0.39 is 5.97 Å². The molecule has 0 aliphatic rings. The molecule has 0 saturated heterocycles. The molecular formula is C15H15N3O3. The molecule has 2 rings (SSSR count). The fourth-order valence-corrected chi connectivity index (χ4v) is 1.65. The van der Waals surface area contributed by atoms with Gasteiger partial charge in [0.05, 0.1) is 18.4 Å². The number of ether oxygens (including phenoxy) is 2. The SMILES string of the molecule is COc1cccc(OC(=O)c2ccc(N=C(N)N)cc2)c1. The highest BCUT2D eigenvalue weighted by molar-refractivity contribution is 5.91. The summed E-state index contributed by atoms with van der Waals surface area (Å²) < 4.78 is 10.3. The van der Waals surface area contributed by atoms with Gasteiger partial charge in [-0.05, 0) is 36.4 Å². The van der Waals surface area contributed by atoms with Crippen LogP contribution in [0.25, 0.3) is 0 Å². The largest absolute Gasteiger partial charge is 0.497 e. The van der Waals surface area contributed by atoms with Crippen molar-refractivity contribution in [3.8, 4) is 11.5 Å². The van der Waals surface area contributed by atoms with Crippen LogP contribution < -0.4 is 20.9 Å². The molecule has 21 heavy (non-hydrogen) atoms. The molecular weight excluding hydrogens is 270 g/mol. The van der Waals surface area contributed by atoms with Crippen LogP contribution in [0.2, 0.25) is 0 Å². The van der Waals surface area contributed by atoms with Gasteiger partial charge in [0.2, 0.25) is 0 Å². The summed E-state index contributed by atoms with van der Waals surface area (Å²) in [7, 11) is 1.54. The fraction of sp³-hybridized carbons (Fsp3) is 0.0667. The second-order valence-corrected chi connectivity index (χ2v) is 4.15. The predicted octanol–water partition coefficient (Wildman–Crippen LogP) is 1.82. The molecule has 0 aliphatic heterocycles. The Morgan fingerprint density at radius 1 is 1.05 bits per heavy atom. The van der Waals surface area contributed by atoms with Crippen molar-refractivity contribution in [1.29, 1.82) is 0 Å².